The zero-order chi connectivity index (χ0) is 13.5. The van der Waals surface area contributed by atoms with Crippen molar-refractivity contribution in [2.75, 3.05) is 20.8 Å². The van der Waals surface area contributed by atoms with Gasteiger partial charge >= 0.3 is 11.9 Å². The Kier molecular flexibility index (Phi) is 3.36. The molecule has 2 rings (SSSR count). The molecule has 4 atom stereocenters. The number of fused-ring (bicyclic) bond motifs is 1. The van der Waals surface area contributed by atoms with Crippen molar-refractivity contribution in [3.63, 3.8) is 0 Å². The predicted molar refractivity (Wildman–Crippen MR) is 63.9 cm³/mol. The smallest absolute Gasteiger partial charge is 0.316 e. The van der Waals surface area contributed by atoms with Gasteiger partial charge < -0.3 is 14.4 Å². The summed E-state index contributed by atoms with van der Waals surface area (Å²) in [6, 6.07) is 0.191. The number of rotatable bonds is 2. The van der Waals surface area contributed by atoms with E-state index in [-0.39, 0.29) is 29.4 Å². The van der Waals surface area contributed by atoms with E-state index in [0.717, 1.165) is 19.4 Å². The molecule has 0 aromatic carbocycles. The number of quaternary nitrogens is 1. The van der Waals surface area contributed by atoms with Crippen molar-refractivity contribution in [3.05, 3.63) is 0 Å². The van der Waals surface area contributed by atoms with Gasteiger partial charge in [-0.25, -0.2) is 0 Å². The molecule has 2 aliphatic rings. The molecular formula is C13H22NO4+. The molecule has 2 heterocycles. The Balaban J connectivity index is 2.39. The Hall–Kier alpha value is -1.10. The van der Waals surface area contributed by atoms with Crippen molar-refractivity contribution in [2.24, 2.45) is 11.8 Å². The maximum absolute atomic E-state index is 12.0. The van der Waals surface area contributed by atoms with E-state index < -0.39 is 5.92 Å². The second-order valence-electron chi connectivity index (χ2n) is 5.80. The Bertz CT molecular complexity index is 366. The average Bonchev–Trinajstić information content (AvgIpc) is 2.89. The summed E-state index contributed by atoms with van der Waals surface area (Å²) in [4.78, 5) is 25.4. The standard InChI is InChI=1S/C13H21NO4/c1-13(2)10(12(16)18-4)9(11(15)17-3)8-6-5-7-14(8)13/h8-10H,5-7H2,1-4H3/p+1/t8-,9+,10-/m1/s1. The van der Waals surface area contributed by atoms with E-state index in [1.165, 1.54) is 19.1 Å². The molecule has 1 unspecified atom stereocenters. The van der Waals surface area contributed by atoms with Crippen LogP contribution in [0.4, 0.5) is 0 Å². The first-order valence-electron chi connectivity index (χ1n) is 6.47. The van der Waals surface area contributed by atoms with Crippen LogP contribution in [0, 0.1) is 11.8 Å². The summed E-state index contributed by atoms with van der Waals surface area (Å²) in [7, 11) is 2.77. The van der Waals surface area contributed by atoms with Crippen LogP contribution in [0.1, 0.15) is 26.7 Å². The molecule has 0 aromatic heterocycles. The van der Waals surface area contributed by atoms with E-state index in [0.29, 0.717) is 0 Å². The van der Waals surface area contributed by atoms with Crippen molar-refractivity contribution in [2.45, 2.75) is 38.3 Å². The molecule has 2 aliphatic heterocycles. The fourth-order valence-corrected chi connectivity index (χ4v) is 3.95. The van der Waals surface area contributed by atoms with E-state index >= 15 is 0 Å². The lowest BCUT2D eigenvalue weighted by molar-refractivity contribution is -0.948. The third-order valence-electron chi connectivity index (χ3n) is 4.74. The van der Waals surface area contributed by atoms with Gasteiger partial charge in [0.2, 0.25) is 0 Å². The SMILES string of the molecule is COC(=O)[C@H]1[C@H]2CCC[NH+]2C(C)(C)[C@H]1C(=O)OC. The van der Waals surface area contributed by atoms with Crippen LogP contribution < -0.4 is 4.90 Å². The summed E-state index contributed by atoms with van der Waals surface area (Å²) in [6.45, 7) is 5.11. The third kappa shape index (κ3) is 1.72. The van der Waals surface area contributed by atoms with Crippen LogP contribution in [0.3, 0.4) is 0 Å². The number of carbonyl (C=O) groups excluding carboxylic acids is 2. The van der Waals surface area contributed by atoms with Crippen molar-refractivity contribution < 1.29 is 24.0 Å². The minimum atomic E-state index is -0.407. The molecule has 0 radical (unpaired) electrons. The Morgan fingerprint density at radius 1 is 1.17 bits per heavy atom. The predicted octanol–water partition coefficient (Wildman–Crippen LogP) is -0.596. The highest BCUT2D eigenvalue weighted by atomic mass is 16.5. The summed E-state index contributed by atoms with van der Waals surface area (Å²) < 4.78 is 9.80. The molecule has 5 heteroatoms. The van der Waals surface area contributed by atoms with Gasteiger partial charge in [-0.2, -0.15) is 0 Å². The first-order chi connectivity index (χ1) is 8.45. The van der Waals surface area contributed by atoms with Gasteiger partial charge in [-0.15, -0.1) is 0 Å². The molecule has 2 saturated heterocycles. The summed E-state index contributed by atoms with van der Waals surface area (Å²) >= 11 is 0. The minimum absolute atomic E-state index is 0.191. The number of esters is 2. The molecule has 0 saturated carbocycles. The topological polar surface area (TPSA) is 57.0 Å². The van der Waals surface area contributed by atoms with Gasteiger partial charge in [-0.05, 0) is 13.8 Å². The lowest BCUT2D eigenvalue weighted by Crippen LogP contribution is -3.19. The number of carbonyl (C=O) groups is 2. The molecule has 102 valence electrons. The highest BCUT2D eigenvalue weighted by Gasteiger charge is 2.65. The Morgan fingerprint density at radius 3 is 2.33 bits per heavy atom. The second kappa shape index (κ2) is 4.53. The van der Waals surface area contributed by atoms with Crippen LogP contribution in [-0.2, 0) is 19.1 Å². The molecule has 0 aliphatic carbocycles. The van der Waals surface area contributed by atoms with Gasteiger partial charge in [-0.1, -0.05) is 0 Å². The molecule has 2 fully saturated rings. The van der Waals surface area contributed by atoms with Crippen LogP contribution >= 0.6 is 0 Å². The van der Waals surface area contributed by atoms with Crippen molar-refractivity contribution >= 4 is 11.9 Å². The van der Waals surface area contributed by atoms with E-state index in [1.807, 2.05) is 13.8 Å². The van der Waals surface area contributed by atoms with Gasteiger partial charge in [0.25, 0.3) is 0 Å². The Labute approximate surface area is 107 Å². The monoisotopic (exact) mass is 256 g/mol. The van der Waals surface area contributed by atoms with Crippen LogP contribution in [-0.4, -0.2) is 44.3 Å². The summed E-state index contributed by atoms with van der Waals surface area (Å²) in [5.41, 5.74) is -0.271. The van der Waals surface area contributed by atoms with Crippen molar-refractivity contribution in [3.8, 4) is 0 Å². The maximum Gasteiger partial charge on any atom is 0.316 e. The van der Waals surface area contributed by atoms with Crippen LogP contribution in [0.5, 0.6) is 0 Å². The minimum Gasteiger partial charge on any atom is -0.469 e. The molecule has 5 nitrogen and oxygen atoms in total. The molecule has 0 spiro atoms. The largest absolute Gasteiger partial charge is 0.469 e. The van der Waals surface area contributed by atoms with Gasteiger partial charge in [0.1, 0.15) is 23.4 Å². The maximum atomic E-state index is 12.0. The summed E-state index contributed by atoms with van der Waals surface area (Å²) in [5.74, 6) is -1.34. The molecule has 0 aromatic rings. The number of hydrogen-bond donors (Lipinski definition) is 1. The van der Waals surface area contributed by atoms with Gasteiger partial charge in [0.05, 0.1) is 20.8 Å². The van der Waals surface area contributed by atoms with Crippen molar-refractivity contribution in [1.82, 2.24) is 0 Å². The lowest BCUT2D eigenvalue weighted by atomic mass is 9.79. The molecule has 18 heavy (non-hydrogen) atoms. The molecule has 0 bridgehead atoms. The third-order valence-corrected chi connectivity index (χ3v) is 4.74. The fraction of sp³-hybridized carbons (Fsp3) is 0.846. The van der Waals surface area contributed by atoms with E-state index in [1.54, 1.807) is 0 Å². The highest BCUT2D eigenvalue weighted by Crippen LogP contribution is 2.36. The zero-order valence-electron chi connectivity index (χ0n) is 11.5. The van der Waals surface area contributed by atoms with E-state index in [2.05, 4.69) is 0 Å². The number of methoxy groups -OCH3 is 2. The lowest BCUT2D eigenvalue weighted by Gasteiger charge is -2.30. The van der Waals surface area contributed by atoms with Gasteiger partial charge in [0.15, 0.2) is 0 Å². The van der Waals surface area contributed by atoms with Gasteiger partial charge in [-0.3, -0.25) is 9.59 Å². The van der Waals surface area contributed by atoms with Crippen LogP contribution in [0.25, 0.3) is 0 Å². The quantitative estimate of drug-likeness (QED) is 0.671. The number of ether oxygens (including phenoxy) is 2. The van der Waals surface area contributed by atoms with Crippen LogP contribution in [0.2, 0.25) is 0 Å². The summed E-state index contributed by atoms with van der Waals surface area (Å²) in [6.07, 6.45) is 2.08. The van der Waals surface area contributed by atoms with E-state index in [9.17, 15) is 9.59 Å². The number of nitrogens with one attached hydrogen (secondary N) is 1. The fourth-order valence-electron chi connectivity index (χ4n) is 3.95. The first-order valence-corrected chi connectivity index (χ1v) is 6.47. The second-order valence-corrected chi connectivity index (χ2v) is 5.80. The normalized spacial score (nSPS) is 37.1. The Morgan fingerprint density at radius 2 is 1.78 bits per heavy atom. The number of hydrogen-bond acceptors (Lipinski definition) is 4. The van der Waals surface area contributed by atoms with Crippen LogP contribution in [0.15, 0.2) is 0 Å². The average molecular weight is 256 g/mol. The molecule has 0 amide bonds. The van der Waals surface area contributed by atoms with Gasteiger partial charge in [0, 0.05) is 12.8 Å². The summed E-state index contributed by atoms with van der Waals surface area (Å²) in [5, 5.41) is 0. The highest BCUT2D eigenvalue weighted by molar-refractivity contribution is 5.84. The van der Waals surface area contributed by atoms with Crippen molar-refractivity contribution in [1.29, 1.82) is 0 Å². The molecule has 1 N–H and O–H groups in total. The zero-order valence-corrected chi connectivity index (χ0v) is 11.5. The van der Waals surface area contributed by atoms with E-state index in [4.69, 9.17) is 9.47 Å². The molecular weight excluding hydrogens is 234 g/mol. The first kappa shape index (κ1) is 13.3.